The first kappa shape index (κ1) is 17.7. The van der Waals surface area contributed by atoms with Crippen molar-refractivity contribution in [2.24, 2.45) is 17.3 Å². The molecule has 4 nitrogen and oxygen atoms in total. The van der Waals surface area contributed by atoms with E-state index in [-0.39, 0.29) is 5.92 Å². The lowest BCUT2D eigenvalue weighted by Crippen LogP contribution is -2.44. The molecule has 5 rings (SSSR count). The van der Waals surface area contributed by atoms with Crippen molar-refractivity contribution in [1.82, 2.24) is 9.80 Å². The highest BCUT2D eigenvalue weighted by Gasteiger charge is 2.57. The second-order valence-corrected chi connectivity index (χ2v) is 9.39. The highest BCUT2D eigenvalue weighted by molar-refractivity contribution is 5.80. The molecule has 3 heterocycles. The minimum absolute atomic E-state index is 0.181. The third kappa shape index (κ3) is 3.01. The molecule has 3 saturated heterocycles. The Balaban J connectivity index is 1.33. The van der Waals surface area contributed by atoms with Gasteiger partial charge in [-0.1, -0.05) is 24.3 Å². The number of amides is 1. The Hall–Kier alpha value is -1.39. The molecule has 0 radical (unpaired) electrons. The van der Waals surface area contributed by atoms with Crippen LogP contribution in [0.25, 0.3) is 0 Å². The summed E-state index contributed by atoms with van der Waals surface area (Å²) in [5, 5.41) is 0. The van der Waals surface area contributed by atoms with Gasteiger partial charge in [0.25, 0.3) is 0 Å². The number of ether oxygens (including phenoxy) is 1. The number of hydrogen-bond donors (Lipinski definition) is 0. The van der Waals surface area contributed by atoms with Crippen LogP contribution in [0.3, 0.4) is 0 Å². The number of likely N-dealkylation sites (tertiary alicyclic amines) is 2. The first-order valence-electron chi connectivity index (χ1n) is 10.8. The predicted octanol–water partition coefficient (Wildman–Crippen LogP) is 2.75. The van der Waals surface area contributed by atoms with Crippen molar-refractivity contribution in [3.8, 4) is 0 Å². The van der Waals surface area contributed by atoms with E-state index in [0.717, 1.165) is 58.5 Å². The zero-order chi connectivity index (χ0) is 18.4. The van der Waals surface area contributed by atoms with E-state index in [1.165, 1.54) is 24.0 Å². The van der Waals surface area contributed by atoms with E-state index in [2.05, 4.69) is 41.1 Å². The second-order valence-electron chi connectivity index (χ2n) is 9.39. The zero-order valence-corrected chi connectivity index (χ0v) is 16.5. The number of nitrogens with zero attached hydrogens (tertiary/aromatic N) is 2. The minimum Gasteiger partial charge on any atom is -0.379 e. The number of carbonyl (C=O) groups excluding carboxylic acids is 1. The Morgan fingerprint density at radius 3 is 2.41 bits per heavy atom. The first-order chi connectivity index (χ1) is 13.2. The standard InChI is InChI=1S/C23H32N2O2/c1-24-12-10-23(11-13-24)16-25(21-15-27-14-20(21)23)22(26)19-8-6-17-4-2-3-5-18(17)7-9-19/h2-5,19-21H,6-16H2,1H3/t20-,21+/m0/s1. The Morgan fingerprint density at radius 1 is 1.07 bits per heavy atom. The van der Waals surface area contributed by atoms with Crippen molar-refractivity contribution in [3.63, 3.8) is 0 Å². The first-order valence-corrected chi connectivity index (χ1v) is 10.8. The smallest absolute Gasteiger partial charge is 0.226 e. The maximum Gasteiger partial charge on any atom is 0.226 e. The maximum absolute atomic E-state index is 13.6. The van der Waals surface area contributed by atoms with Gasteiger partial charge in [0.2, 0.25) is 5.91 Å². The molecule has 27 heavy (non-hydrogen) atoms. The van der Waals surface area contributed by atoms with Crippen LogP contribution in [-0.2, 0) is 22.4 Å². The molecule has 0 bridgehead atoms. The number of rotatable bonds is 1. The summed E-state index contributed by atoms with van der Waals surface area (Å²) in [4.78, 5) is 18.3. The van der Waals surface area contributed by atoms with Crippen molar-refractivity contribution in [2.75, 3.05) is 39.9 Å². The molecule has 1 aliphatic carbocycles. The zero-order valence-electron chi connectivity index (χ0n) is 16.5. The molecule has 0 aromatic heterocycles. The van der Waals surface area contributed by atoms with Gasteiger partial charge in [-0.2, -0.15) is 0 Å². The minimum atomic E-state index is 0.181. The highest BCUT2D eigenvalue weighted by atomic mass is 16.5. The molecule has 1 spiro atoms. The summed E-state index contributed by atoms with van der Waals surface area (Å²) in [5.74, 6) is 1.15. The van der Waals surface area contributed by atoms with Crippen molar-refractivity contribution < 1.29 is 9.53 Å². The Bertz CT molecular complexity index is 683. The van der Waals surface area contributed by atoms with Gasteiger partial charge in [-0.15, -0.1) is 0 Å². The fourth-order valence-electron chi connectivity index (χ4n) is 6.17. The van der Waals surface area contributed by atoms with Crippen molar-refractivity contribution in [1.29, 1.82) is 0 Å². The molecule has 0 unspecified atom stereocenters. The summed E-state index contributed by atoms with van der Waals surface area (Å²) in [6, 6.07) is 9.07. The third-order valence-electron chi connectivity index (χ3n) is 7.98. The molecule has 3 aliphatic heterocycles. The van der Waals surface area contributed by atoms with Crippen LogP contribution in [0.4, 0.5) is 0 Å². The molecule has 0 N–H and O–H groups in total. The molecule has 0 saturated carbocycles. The molecule has 146 valence electrons. The fourth-order valence-corrected chi connectivity index (χ4v) is 6.17. The van der Waals surface area contributed by atoms with Gasteiger partial charge in [-0.05, 0) is 75.2 Å². The molecular weight excluding hydrogens is 336 g/mol. The van der Waals surface area contributed by atoms with E-state index in [4.69, 9.17) is 4.74 Å². The number of benzene rings is 1. The number of aryl methyl sites for hydroxylation is 2. The Kier molecular flexibility index (Phi) is 4.52. The van der Waals surface area contributed by atoms with Gasteiger partial charge < -0.3 is 14.5 Å². The number of fused-ring (bicyclic) bond motifs is 3. The number of carbonyl (C=O) groups is 1. The van der Waals surface area contributed by atoms with Crippen LogP contribution in [0.15, 0.2) is 24.3 Å². The van der Waals surface area contributed by atoms with Crippen LogP contribution in [0.2, 0.25) is 0 Å². The molecule has 4 heteroatoms. The number of piperidine rings is 1. The van der Waals surface area contributed by atoms with E-state index in [1.54, 1.807) is 0 Å². The van der Waals surface area contributed by atoms with E-state index in [1.807, 2.05) is 0 Å². The van der Waals surface area contributed by atoms with Crippen LogP contribution in [-0.4, -0.2) is 61.6 Å². The summed E-state index contributed by atoms with van der Waals surface area (Å²) in [6.07, 6.45) is 6.52. The van der Waals surface area contributed by atoms with Crippen molar-refractivity contribution in [3.05, 3.63) is 35.4 Å². The molecular formula is C23H32N2O2. The van der Waals surface area contributed by atoms with E-state index in [9.17, 15) is 4.79 Å². The molecule has 1 aromatic carbocycles. The largest absolute Gasteiger partial charge is 0.379 e. The van der Waals surface area contributed by atoms with Crippen LogP contribution in [0.5, 0.6) is 0 Å². The molecule has 1 aromatic rings. The summed E-state index contributed by atoms with van der Waals surface area (Å²) >= 11 is 0. The van der Waals surface area contributed by atoms with Gasteiger partial charge >= 0.3 is 0 Å². The van der Waals surface area contributed by atoms with Gasteiger partial charge in [0.15, 0.2) is 0 Å². The summed E-state index contributed by atoms with van der Waals surface area (Å²) < 4.78 is 5.90. The monoisotopic (exact) mass is 368 g/mol. The van der Waals surface area contributed by atoms with Crippen molar-refractivity contribution in [2.45, 2.75) is 44.6 Å². The molecule has 3 fully saturated rings. The van der Waals surface area contributed by atoms with Gasteiger partial charge in [0.05, 0.1) is 19.3 Å². The van der Waals surface area contributed by atoms with Crippen LogP contribution in [0.1, 0.15) is 36.8 Å². The van der Waals surface area contributed by atoms with Crippen molar-refractivity contribution >= 4 is 5.91 Å². The van der Waals surface area contributed by atoms with E-state index < -0.39 is 0 Å². The predicted molar refractivity (Wildman–Crippen MR) is 106 cm³/mol. The Morgan fingerprint density at radius 2 is 1.74 bits per heavy atom. The topological polar surface area (TPSA) is 32.8 Å². The summed E-state index contributed by atoms with van der Waals surface area (Å²) in [5.41, 5.74) is 3.20. The van der Waals surface area contributed by atoms with Gasteiger partial charge in [0.1, 0.15) is 0 Å². The lowest BCUT2D eigenvalue weighted by Gasteiger charge is -2.40. The number of hydrogen-bond acceptors (Lipinski definition) is 3. The maximum atomic E-state index is 13.6. The highest BCUT2D eigenvalue weighted by Crippen LogP contribution is 2.50. The summed E-state index contributed by atoms with van der Waals surface area (Å²) in [6.45, 7) is 4.89. The van der Waals surface area contributed by atoms with Crippen LogP contribution in [0, 0.1) is 17.3 Å². The van der Waals surface area contributed by atoms with E-state index >= 15 is 0 Å². The average Bonchev–Trinajstić information content (AvgIpc) is 3.21. The van der Waals surface area contributed by atoms with Crippen LogP contribution >= 0.6 is 0 Å². The summed E-state index contributed by atoms with van der Waals surface area (Å²) in [7, 11) is 2.22. The van der Waals surface area contributed by atoms with E-state index in [0.29, 0.717) is 23.3 Å². The second kappa shape index (κ2) is 6.89. The molecule has 2 atom stereocenters. The third-order valence-corrected chi connectivity index (χ3v) is 7.98. The van der Waals surface area contributed by atoms with Gasteiger partial charge in [0, 0.05) is 18.4 Å². The Labute approximate surface area is 162 Å². The molecule has 1 amide bonds. The fraction of sp³-hybridized carbons (Fsp3) is 0.696. The van der Waals surface area contributed by atoms with Gasteiger partial charge in [-0.3, -0.25) is 4.79 Å². The lowest BCUT2D eigenvalue weighted by molar-refractivity contribution is -0.137. The normalized spacial score (nSPS) is 30.9. The van der Waals surface area contributed by atoms with Crippen LogP contribution < -0.4 is 0 Å². The molecule has 4 aliphatic rings. The quantitative estimate of drug-likeness (QED) is 0.715. The average molecular weight is 369 g/mol. The SMILES string of the molecule is CN1CCC2(CC1)CN(C(=O)C1CCc3ccccc3CC1)[C@@H]1COC[C@@H]12. The van der Waals surface area contributed by atoms with Gasteiger partial charge in [-0.25, -0.2) is 0 Å². The lowest BCUT2D eigenvalue weighted by atomic mass is 9.70.